The molecule has 0 aliphatic heterocycles. The molecule has 5 heteroatoms. The summed E-state index contributed by atoms with van der Waals surface area (Å²) in [6.45, 7) is 7.24. The minimum absolute atomic E-state index is 0.0201. The molecule has 0 radical (unpaired) electrons. The number of rotatable bonds is 7. The van der Waals surface area contributed by atoms with Crippen molar-refractivity contribution in [1.82, 2.24) is 9.88 Å². The van der Waals surface area contributed by atoms with Crippen LogP contribution in [0.2, 0.25) is 0 Å². The van der Waals surface area contributed by atoms with Crippen molar-refractivity contribution in [3.63, 3.8) is 0 Å². The van der Waals surface area contributed by atoms with Crippen molar-refractivity contribution in [2.24, 2.45) is 5.92 Å². The van der Waals surface area contributed by atoms with Gasteiger partial charge in [-0.05, 0) is 25.0 Å². The lowest BCUT2D eigenvalue weighted by molar-refractivity contribution is 0.0777. The fourth-order valence-corrected chi connectivity index (χ4v) is 3.45. The normalized spacial score (nSPS) is 10.8. The van der Waals surface area contributed by atoms with Crippen molar-refractivity contribution < 1.29 is 9.53 Å². The summed E-state index contributed by atoms with van der Waals surface area (Å²) in [6.07, 6.45) is 0.916. The number of amides is 1. The fourth-order valence-electron chi connectivity index (χ4n) is 2.18. The first-order valence-electron chi connectivity index (χ1n) is 7.87. The number of ether oxygens (including phenoxy) is 1. The molecule has 0 spiro atoms. The second kappa shape index (κ2) is 8.11. The summed E-state index contributed by atoms with van der Waals surface area (Å²) in [5, 5.41) is 1.04. The van der Waals surface area contributed by atoms with Gasteiger partial charge in [-0.3, -0.25) is 4.79 Å². The van der Waals surface area contributed by atoms with Crippen LogP contribution in [0, 0.1) is 12.8 Å². The van der Waals surface area contributed by atoms with Gasteiger partial charge in [0.05, 0.1) is 17.2 Å². The van der Waals surface area contributed by atoms with Gasteiger partial charge in [0.2, 0.25) is 0 Å². The highest BCUT2D eigenvalue weighted by molar-refractivity contribution is 7.13. The van der Waals surface area contributed by atoms with Gasteiger partial charge in [-0.15, -0.1) is 11.3 Å². The van der Waals surface area contributed by atoms with Gasteiger partial charge in [0.1, 0.15) is 17.2 Å². The van der Waals surface area contributed by atoms with Crippen LogP contribution in [-0.4, -0.2) is 36.0 Å². The van der Waals surface area contributed by atoms with Gasteiger partial charge >= 0.3 is 0 Å². The number of para-hydroxylation sites is 1. The molecule has 23 heavy (non-hydrogen) atoms. The molecular formula is C18H24N2O2S. The quantitative estimate of drug-likeness (QED) is 0.774. The number of thiazole rings is 1. The molecule has 0 fully saturated rings. The lowest BCUT2D eigenvalue weighted by atomic mass is 10.1. The third-order valence-corrected chi connectivity index (χ3v) is 4.57. The molecule has 1 aromatic carbocycles. The van der Waals surface area contributed by atoms with Gasteiger partial charge in [-0.25, -0.2) is 4.98 Å². The Morgan fingerprint density at radius 2 is 2.00 bits per heavy atom. The number of carbonyl (C=O) groups excluding carboxylic acids is 1. The van der Waals surface area contributed by atoms with E-state index in [-0.39, 0.29) is 5.91 Å². The number of aryl methyl sites for hydroxylation is 1. The molecule has 0 bridgehead atoms. The SMILES string of the molecule is Cc1nc(CC(C)C)sc1C(=O)N(C)CCOc1ccccc1. The van der Waals surface area contributed by atoms with Crippen LogP contribution >= 0.6 is 11.3 Å². The molecule has 124 valence electrons. The number of hydrogen-bond acceptors (Lipinski definition) is 4. The van der Waals surface area contributed by atoms with E-state index in [2.05, 4.69) is 18.8 Å². The molecule has 0 atom stereocenters. The maximum absolute atomic E-state index is 12.5. The molecule has 2 aromatic rings. The van der Waals surface area contributed by atoms with E-state index >= 15 is 0 Å². The van der Waals surface area contributed by atoms with Crippen LogP contribution in [0.25, 0.3) is 0 Å². The van der Waals surface area contributed by atoms with Crippen LogP contribution in [0.15, 0.2) is 30.3 Å². The summed E-state index contributed by atoms with van der Waals surface area (Å²) >= 11 is 1.51. The van der Waals surface area contributed by atoms with Crippen LogP contribution in [-0.2, 0) is 6.42 Å². The molecule has 0 aliphatic carbocycles. The molecule has 0 N–H and O–H groups in total. The Morgan fingerprint density at radius 3 is 2.65 bits per heavy atom. The van der Waals surface area contributed by atoms with Crippen LogP contribution < -0.4 is 4.74 Å². The van der Waals surface area contributed by atoms with Crippen molar-refractivity contribution in [2.75, 3.05) is 20.2 Å². The van der Waals surface area contributed by atoms with E-state index in [4.69, 9.17) is 4.74 Å². The Hall–Kier alpha value is -1.88. The minimum atomic E-state index is 0.0201. The number of carbonyl (C=O) groups is 1. The smallest absolute Gasteiger partial charge is 0.265 e. The van der Waals surface area contributed by atoms with Crippen molar-refractivity contribution in [3.05, 3.63) is 45.9 Å². The van der Waals surface area contributed by atoms with E-state index in [0.29, 0.717) is 19.1 Å². The number of benzene rings is 1. The van der Waals surface area contributed by atoms with E-state index in [1.165, 1.54) is 11.3 Å². The molecule has 1 amide bonds. The van der Waals surface area contributed by atoms with Gasteiger partial charge in [-0.2, -0.15) is 0 Å². The van der Waals surface area contributed by atoms with E-state index in [0.717, 1.165) is 27.7 Å². The van der Waals surface area contributed by atoms with Crippen molar-refractivity contribution >= 4 is 17.2 Å². The first kappa shape index (κ1) is 17.5. The van der Waals surface area contributed by atoms with Gasteiger partial charge in [0.25, 0.3) is 5.91 Å². The van der Waals surface area contributed by atoms with Gasteiger partial charge in [0, 0.05) is 13.5 Å². The zero-order chi connectivity index (χ0) is 16.8. The third-order valence-electron chi connectivity index (χ3n) is 3.40. The summed E-state index contributed by atoms with van der Waals surface area (Å²) < 4.78 is 5.64. The van der Waals surface area contributed by atoms with Crippen LogP contribution in [0.4, 0.5) is 0 Å². The standard InChI is InChI=1S/C18H24N2O2S/c1-13(2)12-16-19-14(3)17(23-16)18(21)20(4)10-11-22-15-8-6-5-7-9-15/h5-9,13H,10-12H2,1-4H3. The summed E-state index contributed by atoms with van der Waals surface area (Å²) in [5.41, 5.74) is 0.825. The highest BCUT2D eigenvalue weighted by atomic mass is 32.1. The maximum atomic E-state index is 12.5. The zero-order valence-corrected chi connectivity index (χ0v) is 15.0. The Labute approximate surface area is 142 Å². The molecule has 0 saturated carbocycles. The maximum Gasteiger partial charge on any atom is 0.265 e. The summed E-state index contributed by atoms with van der Waals surface area (Å²) in [7, 11) is 1.80. The number of hydrogen-bond donors (Lipinski definition) is 0. The zero-order valence-electron chi connectivity index (χ0n) is 14.2. The molecule has 0 aliphatic rings. The number of nitrogens with zero attached hydrogens (tertiary/aromatic N) is 2. The largest absolute Gasteiger partial charge is 0.492 e. The van der Waals surface area contributed by atoms with Crippen molar-refractivity contribution in [2.45, 2.75) is 27.2 Å². The van der Waals surface area contributed by atoms with Crippen LogP contribution in [0.1, 0.15) is 34.2 Å². The Morgan fingerprint density at radius 1 is 1.30 bits per heavy atom. The first-order valence-corrected chi connectivity index (χ1v) is 8.68. The second-order valence-corrected chi connectivity index (χ2v) is 7.09. The lowest BCUT2D eigenvalue weighted by Gasteiger charge is -2.16. The average molecular weight is 332 g/mol. The van der Waals surface area contributed by atoms with Gasteiger partial charge in [-0.1, -0.05) is 32.0 Å². The van der Waals surface area contributed by atoms with Crippen LogP contribution in [0.5, 0.6) is 5.75 Å². The molecule has 4 nitrogen and oxygen atoms in total. The Balaban J connectivity index is 1.90. The topological polar surface area (TPSA) is 42.4 Å². The average Bonchev–Trinajstić information content (AvgIpc) is 2.87. The third kappa shape index (κ3) is 5.06. The molecule has 0 saturated heterocycles. The lowest BCUT2D eigenvalue weighted by Crippen LogP contribution is -2.30. The molecule has 1 aromatic heterocycles. The predicted octanol–water partition coefficient (Wildman–Crippen LogP) is 3.80. The monoisotopic (exact) mass is 332 g/mol. The number of aromatic nitrogens is 1. The molecule has 1 heterocycles. The first-order chi connectivity index (χ1) is 11.0. The van der Waals surface area contributed by atoms with Gasteiger partial charge < -0.3 is 9.64 Å². The van der Waals surface area contributed by atoms with Gasteiger partial charge in [0.15, 0.2) is 0 Å². The highest BCUT2D eigenvalue weighted by Gasteiger charge is 2.19. The van der Waals surface area contributed by atoms with E-state index in [1.54, 1.807) is 11.9 Å². The van der Waals surface area contributed by atoms with E-state index in [9.17, 15) is 4.79 Å². The highest BCUT2D eigenvalue weighted by Crippen LogP contribution is 2.22. The Kier molecular flexibility index (Phi) is 6.16. The van der Waals surface area contributed by atoms with E-state index in [1.807, 2.05) is 37.3 Å². The summed E-state index contributed by atoms with van der Waals surface area (Å²) in [5.74, 6) is 1.38. The molecule has 2 rings (SSSR count). The van der Waals surface area contributed by atoms with Crippen molar-refractivity contribution in [3.8, 4) is 5.75 Å². The summed E-state index contributed by atoms with van der Waals surface area (Å²) in [4.78, 5) is 19.5. The number of likely N-dealkylation sites (N-methyl/N-ethyl adjacent to an activating group) is 1. The van der Waals surface area contributed by atoms with Crippen LogP contribution in [0.3, 0.4) is 0 Å². The second-order valence-electron chi connectivity index (χ2n) is 6.01. The molecule has 0 unspecified atom stereocenters. The Bertz CT molecular complexity index is 638. The molecular weight excluding hydrogens is 308 g/mol. The minimum Gasteiger partial charge on any atom is -0.492 e. The van der Waals surface area contributed by atoms with Crippen molar-refractivity contribution in [1.29, 1.82) is 0 Å². The summed E-state index contributed by atoms with van der Waals surface area (Å²) in [6, 6.07) is 9.63. The van der Waals surface area contributed by atoms with E-state index < -0.39 is 0 Å². The predicted molar refractivity (Wildman–Crippen MR) is 94.3 cm³/mol. The fraction of sp³-hybridized carbons (Fsp3) is 0.444.